The van der Waals surface area contributed by atoms with Crippen molar-refractivity contribution in [1.29, 1.82) is 5.41 Å². The molecule has 0 bridgehead atoms. The van der Waals surface area contributed by atoms with Gasteiger partial charge in [0, 0.05) is 50.5 Å². The summed E-state index contributed by atoms with van der Waals surface area (Å²) in [5.41, 5.74) is 3.49. The van der Waals surface area contributed by atoms with E-state index in [-0.39, 0.29) is 33.9 Å². The van der Waals surface area contributed by atoms with Crippen molar-refractivity contribution in [2.45, 2.75) is 39.5 Å². The fraction of sp³-hybridized carbons (Fsp3) is 0.226. The largest absolute Gasteiger partial charge is 0.507 e. The van der Waals surface area contributed by atoms with E-state index in [1.807, 2.05) is 57.2 Å². The van der Waals surface area contributed by atoms with Gasteiger partial charge in [0.15, 0.2) is 5.78 Å². The molecule has 0 fully saturated rings. The predicted octanol–water partition coefficient (Wildman–Crippen LogP) is 8.09. The molecular formula is C31H28BrFN2O2. The molecule has 0 saturated heterocycles. The van der Waals surface area contributed by atoms with Crippen molar-refractivity contribution in [3.8, 4) is 0 Å². The highest BCUT2D eigenvalue weighted by molar-refractivity contribution is 9.10. The number of aliphatic hydroxyl groups excluding tert-OH is 1. The molecule has 1 heterocycles. The van der Waals surface area contributed by atoms with Gasteiger partial charge in [0.2, 0.25) is 0 Å². The van der Waals surface area contributed by atoms with E-state index in [1.54, 1.807) is 35.2 Å². The average molecular weight is 559 g/mol. The third kappa shape index (κ3) is 4.55. The number of rotatable bonds is 3. The first-order valence-corrected chi connectivity index (χ1v) is 13.0. The Hall–Kier alpha value is -3.51. The lowest BCUT2D eigenvalue weighted by molar-refractivity contribution is -0.118. The number of nitrogens with one attached hydrogen (secondary N) is 1. The fourth-order valence-corrected chi connectivity index (χ4v) is 5.79. The minimum atomic E-state index is -0.906. The van der Waals surface area contributed by atoms with Crippen molar-refractivity contribution in [3.05, 3.63) is 117 Å². The Kier molecular flexibility index (Phi) is 6.40. The molecule has 0 spiro atoms. The molecule has 2 N–H and O–H groups in total. The zero-order valence-corrected chi connectivity index (χ0v) is 22.6. The molecule has 0 amide bonds. The number of Topliss-reactive ketones (excluding diaryl/α,β-unsaturated/α-hetero) is 1. The summed E-state index contributed by atoms with van der Waals surface area (Å²) in [6.07, 6.45) is 0.835. The summed E-state index contributed by atoms with van der Waals surface area (Å²) in [5, 5.41) is 21.1. The van der Waals surface area contributed by atoms with Gasteiger partial charge in [-0.25, -0.2) is 4.39 Å². The number of nitrogens with zero attached hydrogens (tertiary/aromatic N) is 1. The molecule has 1 aliphatic heterocycles. The fourth-order valence-electron chi connectivity index (χ4n) is 5.40. The Labute approximate surface area is 224 Å². The molecule has 188 valence electrons. The van der Waals surface area contributed by atoms with Gasteiger partial charge in [0.05, 0.1) is 0 Å². The lowest BCUT2D eigenvalue weighted by Gasteiger charge is -2.45. The molecule has 3 aromatic carbocycles. The van der Waals surface area contributed by atoms with Crippen molar-refractivity contribution in [1.82, 2.24) is 0 Å². The maximum atomic E-state index is 15.4. The molecule has 0 saturated carbocycles. The number of aliphatic hydroxyl groups is 1. The van der Waals surface area contributed by atoms with E-state index in [1.165, 1.54) is 6.07 Å². The number of aryl methyl sites for hydroxylation is 1. The molecule has 6 heteroatoms. The van der Waals surface area contributed by atoms with Crippen LogP contribution in [0.5, 0.6) is 0 Å². The summed E-state index contributed by atoms with van der Waals surface area (Å²) in [4.78, 5) is 15.6. The highest BCUT2D eigenvalue weighted by atomic mass is 79.9. The summed E-state index contributed by atoms with van der Waals surface area (Å²) in [7, 11) is 0. The Balaban J connectivity index is 1.87. The second-order valence-corrected chi connectivity index (χ2v) is 11.5. The molecule has 0 radical (unpaired) electrons. The number of halogens is 2. The topological polar surface area (TPSA) is 64.4 Å². The standard InChI is InChI=1S/C31H28BrFN2O2/c1-18-11-13-19(14-12-18)29(37)28-26(22-9-4-5-10-23(22)33)27-24(16-31(2,3)17-25(27)36)35(30(28)34)21-8-6-7-20(32)15-21/h4-15,26,34,37H,16-17H2,1-3H3/b29-28+,34-30?. The summed E-state index contributed by atoms with van der Waals surface area (Å²) in [6, 6.07) is 21.2. The average Bonchev–Trinajstić information content (AvgIpc) is 2.83. The van der Waals surface area contributed by atoms with Crippen LogP contribution < -0.4 is 4.90 Å². The van der Waals surface area contributed by atoms with E-state index in [0.29, 0.717) is 35.4 Å². The molecule has 0 aromatic heterocycles. The van der Waals surface area contributed by atoms with Crippen molar-refractivity contribution in [2.24, 2.45) is 5.41 Å². The number of ketones is 1. The van der Waals surface area contributed by atoms with Gasteiger partial charge in [-0.2, -0.15) is 0 Å². The number of amidine groups is 1. The SMILES string of the molecule is Cc1ccc(/C(O)=C2\C(=N)N(c3cccc(Br)c3)C3=C(C(=O)CC(C)(C)C3)C2c2ccccc2F)cc1. The quantitative estimate of drug-likeness (QED) is 0.319. The highest BCUT2D eigenvalue weighted by Gasteiger charge is 2.47. The number of carbonyl (C=O) groups excluding carboxylic acids is 1. The van der Waals surface area contributed by atoms with Crippen LogP contribution in [0.15, 0.2) is 94.1 Å². The Bertz CT molecular complexity index is 1490. The smallest absolute Gasteiger partial charge is 0.162 e. The zero-order valence-electron chi connectivity index (χ0n) is 21.0. The number of hydrogen-bond donors (Lipinski definition) is 2. The van der Waals surface area contributed by atoms with Gasteiger partial charge < -0.3 is 5.11 Å². The van der Waals surface area contributed by atoms with Gasteiger partial charge in [-0.15, -0.1) is 0 Å². The number of carbonyl (C=O) groups is 1. The number of hydrogen-bond acceptors (Lipinski definition) is 3. The maximum Gasteiger partial charge on any atom is 0.162 e. The van der Waals surface area contributed by atoms with E-state index >= 15 is 4.39 Å². The van der Waals surface area contributed by atoms with Crippen LogP contribution in [0.2, 0.25) is 0 Å². The lowest BCUT2D eigenvalue weighted by atomic mass is 9.67. The third-order valence-electron chi connectivity index (χ3n) is 7.09. The molecule has 4 nitrogen and oxygen atoms in total. The zero-order chi connectivity index (χ0) is 26.5. The second kappa shape index (κ2) is 9.42. The number of benzene rings is 3. The molecule has 3 aromatic rings. The van der Waals surface area contributed by atoms with Gasteiger partial charge >= 0.3 is 0 Å². The monoisotopic (exact) mass is 558 g/mol. The van der Waals surface area contributed by atoms with Crippen LogP contribution in [0, 0.1) is 23.6 Å². The van der Waals surface area contributed by atoms with Crippen molar-refractivity contribution < 1.29 is 14.3 Å². The number of anilines is 1. The minimum absolute atomic E-state index is 0.0219. The Morgan fingerprint density at radius 2 is 1.76 bits per heavy atom. The molecule has 1 unspecified atom stereocenters. The molecule has 1 aliphatic carbocycles. The lowest BCUT2D eigenvalue weighted by Crippen LogP contribution is -2.45. The minimum Gasteiger partial charge on any atom is -0.507 e. The molecule has 1 atom stereocenters. The summed E-state index contributed by atoms with van der Waals surface area (Å²) < 4.78 is 16.2. The van der Waals surface area contributed by atoms with Gasteiger partial charge in [0.1, 0.15) is 17.4 Å². The van der Waals surface area contributed by atoms with E-state index in [2.05, 4.69) is 15.9 Å². The van der Waals surface area contributed by atoms with E-state index in [0.717, 1.165) is 10.0 Å². The van der Waals surface area contributed by atoms with Gasteiger partial charge in [-0.1, -0.05) is 83.9 Å². The Morgan fingerprint density at radius 1 is 1.05 bits per heavy atom. The van der Waals surface area contributed by atoms with E-state index in [9.17, 15) is 15.3 Å². The van der Waals surface area contributed by atoms with Crippen LogP contribution >= 0.6 is 15.9 Å². The van der Waals surface area contributed by atoms with Gasteiger partial charge in [-0.3, -0.25) is 15.1 Å². The van der Waals surface area contributed by atoms with Gasteiger partial charge in [-0.05, 0) is 43.0 Å². The van der Waals surface area contributed by atoms with Crippen LogP contribution in [-0.4, -0.2) is 16.7 Å². The maximum absolute atomic E-state index is 15.4. The molecule has 5 rings (SSSR count). The summed E-state index contributed by atoms with van der Waals surface area (Å²) in [5.74, 6) is -1.59. The van der Waals surface area contributed by atoms with Crippen LogP contribution in [0.25, 0.3) is 5.76 Å². The van der Waals surface area contributed by atoms with Crippen molar-refractivity contribution in [3.63, 3.8) is 0 Å². The van der Waals surface area contributed by atoms with Crippen LogP contribution in [0.3, 0.4) is 0 Å². The molecular weight excluding hydrogens is 531 g/mol. The van der Waals surface area contributed by atoms with Crippen LogP contribution in [0.1, 0.15) is 49.3 Å². The van der Waals surface area contributed by atoms with Crippen molar-refractivity contribution in [2.75, 3.05) is 4.90 Å². The normalized spacial score (nSPS) is 20.7. The third-order valence-corrected chi connectivity index (χ3v) is 7.58. The Morgan fingerprint density at radius 3 is 2.43 bits per heavy atom. The summed E-state index contributed by atoms with van der Waals surface area (Å²) in [6.45, 7) is 6.02. The summed E-state index contributed by atoms with van der Waals surface area (Å²) >= 11 is 3.53. The number of allylic oxidation sites excluding steroid dienone is 2. The van der Waals surface area contributed by atoms with Crippen LogP contribution in [-0.2, 0) is 4.79 Å². The second-order valence-electron chi connectivity index (χ2n) is 10.5. The molecule has 2 aliphatic rings. The first-order valence-electron chi connectivity index (χ1n) is 12.2. The van der Waals surface area contributed by atoms with E-state index < -0.39 is 11.7 Å². The first-order chi connectivity index (χ1) is 17.6. The first kappa shape index (κ1) is 25.2. The van der Waals surface area contributed by atoms with Crippen molar-refractivity contribution >= 4 is 39.0 Å². The molecule has 37 heavy (non-hydrogen) atoms. The highest BCUT2D eigenvalue weighted by Crippen LogP contribution is 2.51. The van der Waals surface area contributed by atoms with Gasteiger partial charge in [0.25, 0.3) is 0 Å². The van der Waals surface area contributed by atoms with E-state index in [4.69, 9.17) is 0 Å². The predicted molar refractivity (Wildman–Crippen MR) is 149 cm³/mol. The van der Waals surface area contributed by atoms with Crippen LogP contribution in [0.4, 0.5) is 10.1 Å².